The molecule has 1 atom stereocenters. The summed E-state index contributed by atoms with van der Waals surface area (Å²) in [5.74, 6) is 0.874. The second kappa shape index (κ2) is 6.47. The first-order valence-corrected chi connectivity index (χ1v) is 7.29. The summed E-state index contributed by atoms with van der Waals surface area (Å²) < 4.78 is 0. The molecule has 2 N–H and O–H groups in total. The summed E-state index contributed by atoms with van der Waals surface area (Å²) >= 11 is 0. The molecule has 1 unspecified atom stereocenters. The maximum atomic E-state index is 9.06. The van der Waals surface area contributed by atoms with Gasteiger partial charge in [0.15, 0.2) is 0 Å². The van der Waals surface area contributed by atoms with Crippen LogP contribution in [0.4, 0.5) is 11.4 Å². The van der Waals surface area contributed by atoms with Crippen LogP contribution >= 0.6 is 0 Å². The molecule has 0 spiro atoms. The molecule has 0 aliphatic carbocycles. The predicted octanol–water partition coefficient (Wildman–Crippen LogP) is 3.55. The van der Waals surface area contributed by atoms with Gasteiger partial charge < -0.3 is 10.6 Å². The molecule has 0 bridgehead atoms. The van der Waals surface area contributed by atoms with Crippen molar-refractivity contribution in [1.82, 2.24) is 0 Å². The Labute approximate surface area is 116 Å². The molecular formula is C16H23N3. The molecule has 1 fully saturated rings. The predicted molar refractivity (Wildman–Crippen MR) is 80.0 cm³/mol. The molecule has 1 heterocycles. The fourth-order valence-corrected chi connectivity index (χ4v) is 2.96. The third-order valence-corrected chi connectivity index (χ3v) is 4.07. The zero-order valence-electron chi connectivity index (χ0n) is 11.7. The lowest BCUT2D eigenvalue weighted by Crippen LogP contribution is -2.24. The highest BCUT2D eigenvalue weighted by atomic mass is 15.1. The van der Waals surface area contributed by atoms with Gasteiger partial charge in [0.2, 0.25) is 0 Å². The van der Waals surface area contributed by atoms with Crippen LogP contribution in [0, 0.1) is 17.2 Å². The van der Waals surface area contributed by atoms with Gasteiger partial charge in [-0.1, -0.05) is 19.8 Å². The van der Waals surface area contributed by atoms with Gasteiger partial charge in [-0.3, -0.25) is 0 Å². The van der Waals surface area contributed by atoms with Crippen LogP contribution in [-0.2, 0) is 0 Å². The minimum atomic E-state index is 0.574. The van der Waals surface area contributed by atoms with Gasteiger partial charge in [-0.05, 0) is 43.4 Å². The van der Waals surface area contributed by atoms with E-state index >= 15 is 0 Å². The van der Waals surface area contributed by atoms with Crippen molar-refractivity contribution < 1.29 is 0 Å². The van der Waals surface area contributed by atoms with E-state index in [9.17, 15) is 0 Å². The van der Waals surface area contributed by atoms with Crippen molar-refractivity contribution in [1.29, 1.82) is 5.26 Å². The SMILES string of the molecule is CCCC1CCCN(c2ccc(N)c(C#N)c2)CC1. The van der Waals surface area contributed by atoms with Gasteiger partial charge in [-0.25, -0.2) is 0 Å². The molecule has 0 saturated carbocycles. The molecule has 1 aliphatic rings. The Bertz CT molecular complexity index is 462. The number of nitrogens with zero attached hydrogens (tertiary/aromatic N) is 2. The molecule has 102 valence electrons. The Kier molecular flexibility index (Phi) is 4.68. The van der Waals surface area contributed by atoms with Gasteiger partial charge in [0.05, 0.1) is 5.56 Å². The van der Waals surface area contributed by atoms with Crippen LogP contribution in [0.2, 0.25) is 0 Å². The smallest absolute Gasteiger partial charge is 0.101 e. The summed E-state index contributed by atoms with van der Waals surface area (Å²) in [5, 5.41) is 9.06. The first-order chi connectivity index (χ1) is 9.24. The summed E-state index contributed by atoms with van der Waals surface area (Å²) in [4.78, 5) is 2.40. The summed E-state index contributed by atoms with van der Waals surface area (Å²) in [6.07, 6.45) is 6.48. The molecule has 3 heteroatoms. The highest BCUT2D eigenvalue weighted by molar-refractivity contribution is 5.62. The van der Waals surface area contributed by atoms with Crippen molar-refractivity contribution in [2.24, 2.45) is 5.92 Å². The first kappa shape index (κ1) is 13.7. The largest absolute Gasteiger partial charge is 0.398 e. The van der Waals surface area contributed by atoms with Crippen LogP contribution in [0.15, 0.2) is 18.2 Å². The van der Waals surface area contributed by atoms with Gasteiger partial charge in [-0.2, -0.15) is 5.26 Å². The Morgan fingerprint density at radius 3 is 2.95 bits per heavy atom. The average Bonchev–Trinajstić information content (AvgIpc) is 2.66. The molecule has 0 amide bonds. The van der Waals surface area contributed by atoms with Crippen LogP contribution in [0.3, 0.4) is 0 Å². The van der Waals surface area contributed by atoms with Crippen molar-refractivity contribution >= 4 is 11.4 Å². The normalized spacial score (nSPS) is 19.8. The second-order valence-corrected chi connectivity index (χ2v) is 5.46. The third kappa shape index (κ3) is 3.41. The second-order valence-electron chi connectivity index (χ2n) is 5.46. The number of nitrogens with two attached hydrogens (primary N) is 1. The monoisotopic (exact) mass is 257 g/mol. The quantitative estimate of drug-likeness (QED) is 0.842. The minimum absolute atomic E-state index is 0.574. The zero-order chi connectivity index (χ0) is 13.7. The topological polar surface area (TPSA) is 53.0 Å². The van der Waals surface area contributed by atoms with E-state index in [4.69, 9.17) is 11.0 Å². The fourth-order valence-electron chi connectivity index (χ4n) is 2.96. The van der Waals surface area contributed by atoms with Crippen LogP contribution in [0.1, 0.15) is 44.6 Å². The number of benzene rings is 1. The molecule has 2 rings (SSSR count). The summed E-state index contributed by atoms with van der Waals surface area (Å²) in [5.41, 5.74) is 8.09. The van der Waals surface area contributed by atoms with Crippen LogP contribution in [-0.4, -0.2) is 13.1 Å². The molecule has 0 aromatic heterocycles. The molecule has 3 nitrogen and oxygen atoms in total. The van der Waals surface area contributed by atoms with E-state index < -0.39 is 0 Å². The molecule has 1 saturated heterocycles. The molecule has 0 radical (unpaired) electrons. The van der Waals surface area contributed by atoms with Crippen LogP contribution in [0.25, 0.3) is 0 Å². The van der Waals surface area contributed by atoms with E-state index in [0.717, 1.165) is 24.7 Å². The number of hydrogen-bond donors (Lipinski definition) is 1. The van der Waals surface area contributed by atoms with E-state index in [2.05, 4.69) is 17.9 Å². The minimum Gasteiger partial charge on any atom is -0.398 e. The average molecular weight is 257 g/mol. The Balaban J connectivity index is 2.08. The van der Waals surface area contributed by atoms with Gasteiger partial charge >= 0.3 is 0 Å². The molecule has 1 aromatic carbocycles. The molecular weight excluding hydrogens is 234 g/mol. The van der Waals surface area contributed by atoms with E-state index in [1.54, 1.807) is 0 Å². The number of anilines is 2. The van der Waals surface area contributed by atoms with E-state index in [1.807, 2.05) is 18.2 Å². The highest BCUT2D eigenvalue weighted by Gasteiger charge is 2.17. The van der Waals surface area contributed by atoms with Gasteiger partial charge in [0.25, 0.3) is 0 Å². The number of hydrogen-bond acceptors (Lipinski definition) is 3. The van der Waals surface area contributed by atoms with Gasteiger partial charge in [0.1, 0.15) is 6.07 Å². The zero-order valence-corrected chi connectivity index (χ0v) is 11.7. The summed E-state index contributed by atoms with van der Waals surface area (Å²) in [7, 11) is 0. The Morgan fingerprint density at radius 2 is 2.21 bits per heavy atom. The maximum Gasteiger partial charge on any atom is 0.101 e. The molecule has 1 aromatic rings. The van der Waals surface area contributed by atoms with Crippen molar-refractivity contribution in [3.63, 3.8) is 0 Å². The number of nitriles is 1. The van der Waals surface area contributed by atoms with Gasteiger partial charge in [-0.15, -0.1) is 0 Å². The van der Waals surface area contributed by atoms with Gasteiger partial charge in [0, 0.05) is 24.5 Å². The van der Waals surface area contributed by atoms with Crippen molar-refractivity contribution in [2.45, 2.75) is 39.0 Å². The maximum absolute atomic E-state index is 9.06. The molecule has 1 aliphatic heterocycles. The number of nitrogen functional groups attached to an aromatic ring is 1. The van der Waals surface area contributed by atoms with E-state index in [-0.39, 0.29) is 0 Å². The fraction of sp³-hybridized carbons (Fsp3) is 0.562. The Hall–Kier alpha value is -1.69. The standard InChI is InChI=1S/C16H23N3/c1-2-4-13-5-3-9-19(10-8-13)15-6-7-16(18)14(11-15)12-17/h6-7,11,13H,2-5,8-10,18H2,1H3. The van der Waals surface area contributed by atoms with Crippen molar-refractivity contribution in [3.05, 3.63) is 23.8 Å². The lowest BCUT2D eigenvalue weighted by atomic mass is 9.96. The third-order valence-electron chi connectivity index (χ3n) is 4.07. The number of rotatable bonds is 3. The van der Waals surface area contributed by atoms with Crippen LogP contribution < -0.4 is 10.6 Å². The van der Waals surface area contributed by atoms with Crippen molar-refractivity contribution in [3.8, 4) is 6.07 Å². The lowest BCUT2D eigenvalue weighted by molar-refractivity contribution is 0.435. The first-order valence-electron chi connectivity index (χ1n) is 7.29. The van der Waals surface area contributed by atoms with Crippen molar-refractivity contribution in [2.75, 3.05) is 23.7 Å². The lowest BCUT2D eigenvalue weighted by Gasteiger charge is -2.23. The van der Waals surface area contributed by atoms with Crippen LogP contribution in [0.5, 0.6) is 0 Å². The Morgan fingerprint density at radius 1 is 1.37 bits per heavy atom. The summed E-state index contributed by atoms with van der Waals surface area (Å²) in [6.45, 7) is 4.45. The van der Waals surface area contributed by atoms with E-state index in [1.165, 1.54) is 32.1 Å². The highest BCUT2D eigenvalue weighted by Crippen LogP contribution is 2.27. The van der Waals surface area contributed by atoms with E-state index in [0.29, 0.717) is 11.3 Å². The summed E-state index contributed by atoms with van der Waals surface area (Å²) in [6, 6.07) is 7.98. The molecule has 19 heavy (non-hydrogen) atoms.